The van der Waals surface area contributed by atoms with Crippen molar-refractivity contribution in [3.05, 3.63) is 47.9 Å². The van der Waals surface area contributed by atoms with Crippen LogP contribution in [0, 0.1) is 0 Å². The van der Waals surface area contributed by atoms with E-state index in [9.17, 15) is 0 Å². The number of hydrogen-bond donors (Lipinski definition) is 1. The number of rotatable bonds is 8. The monoisotopic (exact) mass is 330 g/mol. The molecule has 5 heteroatoms. The molecule has 1 aromatic carbocycles. The third-order valence-corrected chi connectivity index (χ3v) is 4.59. The van der Waals surface area contributed by atoms with Crippen molar-refractivity contribution >= 4 is 0 Å². The van der Waals surface area contributed by atoms with Crippen LogP contribution in [0.2, 0.25) is 0 Å². The van der Waals surface area contributed by atoms with Gasteiger partial charge in [-0.15, -0.1) is 0 Å². The van der Waals surface area contributed by atoms with Crippen LogP contribution in [-0.4, -0.2) is 38.8 Å². The van der Waals surface area contributed by atoms with E-state index >= 15 is 0 Å². The van der Waals surface area contributed by atoms with Gasteiger partial charge in [-0.25, -0.2) is 0 Å². The van der Waals surface area contributed by atoms with Gasteiger partial charge < -0.3 is 19.2 Å². The van der Waals surface area contributed by atoms with E-state index in [-0.39, 0.29) is 6.04 Å². The fraction of sp³-hybridized carbons (Fsp3) is 0.474. The van der Waals surface area contributed by atoms with Crippen molar-refractivity contribution in [2.45, 2.75) is 25.4 Å². The molecule has 24 heavy (non-hydrogen) atoms. The molecule has 0 spiro atoms. The lowest BCUT2D eigenvalue weighted by atomic mass is 10.1. The average molecular weight is 330 g/mol. The molecule has 1 aromatic heterocycles. The van der Waals surface area contributed by atoms with Gasteiger partial charge in [-0.05, 0) is 56.3 Å². The van der Waals surface area contributed by atoms with Crippen LogP contribution in [-0.2, 0) is 6.54 Å². The van der Waals surface area contributed by atoms with Crippen molar-refractivity contribution < 1.29 is 13.9 Å². The summed E-state index contributed by atoms with van der Waals surface area (Å²) in [7, 11) is 3.38. The summed E-state index contributed by atoms with van der Waals surface area (Å²) in [6.45, 7) is 3.84. The first-order valence-corrected chi connectivity index (χ1v) is 8.51. The van der Waals surface area contributed by atoms with E-state index in [0.29, 0.717) is 0 Å². The van der Waals surface area contributed by atoms with E-state index in [0.717, 1.165) is 49.0 Å². The molecule has 0 amide bonds. The molecule has 0 unspecified atom stereocenters. The van der Waals surface area contributed by atoms with Gasteiger partial charge in [0.15, 0.2) is 0 Å². The molecule has 1 saturated heterocycles. The molecule has 2 aromatic rings. The molecule has 3 rings (SSSR count). The highest BCUT2D eigenvalue weighted by Crippen LogP contribution is 2.26. The van der Waals surface area contributed by atoms with Gasteiger partial charge in [-0.3, -0.25) is 4.90 Å². The lowest BCUT2D eigenvalue weighted by Gasteiger charge is -2.26. The molecule has 0 radical (unpaired) electrons. The van der Waals surface area contributed by atoms with Gasteiger partial charge in [0.25, 0.3) is 0 Å². The summed E-state index contributed by atoms with van der Waals surface area (Å²) in [6, 6.07) is 10.2. The van der Waals surface area contributed by atoms with Crippen LogP contribution in [0.5, 0.6) is 11.5 Å². The Balaban J connectivity index is 1.65. The average Bonchev–Trinajstić information content (AvgIpc) is 3.32. The van der Waals surface area contributed by atoms with Crippen LogP contribution >= 0.6 is 0 Å². The minimum Gasteiger partial charge on any atom is -0.497 e. The fourth-order valence-corrected chi connectivity index (χ4v) is 3.31. The van der Waals surface area contributed by atoms with Crippen molar-refractivity contribution in [3.8, 4) is 11.5 Å². The lowest BCUT2D eigenvalue weighted by molar-refractivity contribution is 0.209. The van der Waals surface area contributed by atoms with Crippen LogP contribution < -0.4 is 14.8 Å². The van der Waals surface area contributed by atoms with E-state index < -0.39 is 0 Å². The Hall–Kier alpha value is -1.98. The molecule has 1 aliphatic rings. The molecule has 1 atom stereocenters. The Morgan fingerprint density at radius 2 is 2.00 bits per heavy atom. The summed E-state index contributed by atoms with van der Waals surface area (Å²) in [5.41, 5.74) is 1.09. The molecular weight excluding hydrogens is 304 g/mol. The van der Waals surface area contributed by atoms with Gasteiger partial charge in [0.1, 0.15) is 17.3 Å². The van der Waals surface area contributed by atoms with Gasteiger partial charge in [-0.1, -0.05) is 0 Å². The highest BCUT2D eigenvalue weighted by molar-refractivity contribution is 5.40. The summed E-state index contributed by atoms with van der Waals surface area (Å²) in [4.78, 5) is 2.49. The second-order valence-electron chi connectivity index (χ2n) is 6.08. The van der Waals surface area contributed by atoms with Crippen molar-refractivity contribution in [1.82, 2.24) is 10.2 Å². The molecule has 1 aliphatic heterocycles. The topological polar surface area (TPSA) is 46.9 Å². The predicted molar refractivity (Wildman–Crippen MR) is 93.5 cm³/mol. The molecular formula is C19H26N2O3. The van der Waals surface area contributed by atoms with Crippen molar-refractivity contribution in [3.63, 3.8) is 0 Å². The highest BCUT2D eigenvalue weighted by Gasteiger charge is 2.25. The maximum atomic E-state index is 5.67. The number of benzene rings is 1. The maximum absolute atomic E-state index is 5.67. The van der Waals surface area contributed by atoms with Gasteiger partial charge in [0.05, 0.1) is 26.5 Å². The van der Waals surface area contributed by atoms with Crippen molar-refractivity contribution in [2.24, 2.45) is 0 Å². The summed E-state index contributed by atoms with van der Waals surface area (Å²) in [6.07, 6.45) is 4.28. The van der Waals surface area contributed by atoms with Crippen LogP contribution in [0.25, 0.3) is 0 Å². The maximum Gasteiger partial charge on any atom is 0.123 e. The highest BCUT2D eigenvalue weighted by atomic mass is 16.5. The van der Waals surface area contributed by atoms with Crippen molar-refractivity contribution in [1.29, 1.82) is 0 Å². The van der Waals surface area contributed by atoms with Crippen LogP contribution in [0.4, 0.5) is 0 Å². The number of ether oxygens (including phenoxy) is 2. The molecule has 1 N–H and O–H groups in total. The molecule has 0 aliphatic carbocycles. The Bertz CT molecular complexity index is 622. The van der Waals surface area contributed by atoms with E-state index in [2.05, 4.69) is 16.3 Å². The molecule has 130 valence electrons. The molecule has 1 fully saturated rings. The van der Waals surface area contributed by atoms with Crippen LogP contribution in [0.15, 0.2) is 41.0 Å². The fourth-order valence-electron chi connectivity index (χ4n) is 3.31. The molecule has 0 bridgehead atoms. The number of nitrogens with one attached hydrogen (secondary N) is 1. The number of furan rings is 1. The van der Waals surface area contributed by atoms with Crippen LogP contribution in [0.1, 0.15) is 30.2 Å². The van der Waals surface area contributed by atoms with E-state index in [4.69, 9.17) is 13.9 Å². The summed E-state index contributed by atoms with van der Waals surface area (Å²) >= 11 is 0. The Labute approximate surface area is 143 Å². The molecule has 5 nitrogen and oxygen atoms in total. The van der Waals surface area contributed by atoms with E-state index in [1.807, 2.05) is 24.3 Å². The minimum absolute atomic E-state index is 0.277. The number of methoxy groups -OCH3 is 2. The SMILES string of the molecule is COc1ccc(OC)c(CNC[C@@H](c2ccco2)N2CCCC2)c1. The van der Waals surface area contributed by atoms with Gasteiger partial charge in [-0.2, -0.15) is 0 Å². The third kappa shape index (κ3) is 3.91. The first-order chi connectivity index (χ1) is 11.8. The second kappa shape index (κ2) is 8.22. The summed E-state index contributed by atoms with van der Waals surface area (Å²) < 4.78 is 16.4. The zero-order valence-electron chi connectivity index (χ0n) is 14.5. The summed E-state index contributed by atoms with van der Waals surface area (Å²) in [5, 5.41) is 3.56. The standard InChI is InChI=1S/C19H26N2O3/c1-22-16-7-8-18(23-2)15(12-16)13-20-14-17(19-6-5-11-24-19)21-9-3-4-10-21/h5-8,11-12,17,20H,3-4,9-10,13-14H2,1-2H3/t17-/m0/s1. The second-order valence-corrected chi connectivity index (χ2v) is 6.08. The van der Waals surface area contributed by atoms with Crippen molar-refractivity contribution in [2.75, 3.05) is 33.9 Å². The largest absolute Gasteiger partial charge is 0.497 e. The Kier molecular flexibility index (Phi) is 5.77. The molecule has 2 heterocycles. The van der Waals surface area contributed by atoms with Gasteiger partial charge in [0.2, 0.25) is 0 Å². The Morgan fingerprint density at radius 3 is 2.67 bits per heavy atom. The van der Waals surface area contributed by atoms with E-state index in [1.54, 1.807) is 20.5 Å². The first-order valence-electron chi connectivity index (χ1n) is 8.51. The predicted octanol–water partition coefficient (Wildman–Crippen LogP) is 3.22. The smallest absolute Gasteiger partial charge is 0.123 e. The van der Waals surface area contributed by atoms with Gasteiger partial charge in [0, 0.05) is 18.7 Å². The zero-order valence-corrected chi connectivity index (χ0v) is 14.5. The third-order valence-electron chi connectivity index (χ3n) is 4.59. The quantitative estimate of drug-likeness (QED) is 0.805. The van der Waals surface area contributed by atoms with Crippen LogP contribution in [0.3, 0.4) is 0 Å². The lowest BCUT2D eigenvalue weighted by Crippen LogP contribution is -2.33. The summed E-state index contributed by atoms with van der Waals surface area (Å²) in [5.74, 6) is 2.75. The Morgan fingerprint density at radius 1 is 1.17 bits per heavy atom. The number of nitrogens with zero attached hydrogens (tertiary/aromatic N) is 1. The minimum atomic E-state index is 0.277. The normalized spacial score (nSPS) is 16.2. The number of hydrogen-bond acceptors (Lipinski definition) is 5. The van der Waals surface area contributed by atoms with Gasteiger partial charge >= 0.3 is 0 Å². The zero-order chi connectivity index (χ0) is 16.8. The number of likely N-dealkylation sites (tertiary alicyclic amines) is 1. The first kappa shape index (κ1) is 16.9. The van der Waals surface area contributed by atoms with E-state index in [1.165, 1.54) is 12.8 Å². The molecule has 0 saturated carbocycles.